The van der Waals surface area contributed by atoms with E-state index < -0.39 is 0 Å². The van der Waals surface area contributed by atoms with Gasteiger partial charge in [0.2, 0.25) is 0 Å². The Balaban J connectivity index is 1.65. The number of aromatic nitrogens is 2. The first-order valence-electron chi connectivity index (χ1n) is 10.2. The topological polar surface area (TPSA) is 73.4 Å². The van der Waals surface area contributed by atoms with Crippen LogP contribution < -0.4 is 9.47 Å². The number of ether oxygens (including phenoxy) is 3. The summed E-state index contributed by atoms with van der Waals surface area (Å²) >= 11 is 1.58. The van der Waals surface area contributed by atoms with Crippen LogP contribution in [0.4, 0.5) is 0 Å². The van der Waals surface area contributed by atoms with Crippen molar-refractivity contribution in [2.75, 3.05) is 13.7 Å². The van der Waals surface area contributed by atoms with Gasteiger partial charge in [0.05, 0.1) is 12.3 Å². The van der Waals surface area contributed by atoms with Crippen molar-refractivity contribution >= 4 is 17.1 Å². The Labute approximate surface area is 190 Å². The lowest BCUT2D eigenvalue weighted by Crippen LogP contribution is -2.17. The minimum absolute atomic E-state index is 0.0177. The van der Waals surface area contributed by atoms with Crippen molar-refractivity contribution in [2.24, 2.45) is 0 Å². The SMILES string of the molecule is COC[C@H](C)Oc1cc(Oc2ccc(C(C)=O)cc2)cc(-c2ccc(-c3nccs3)[nH]2)c1. The number of methoxy groups -OCH3 is 1. The van der Waals surface area contributed by atoms with Gasteiger partial charge in [0, 0.05) is 41.6 Å². The molecule has 0 saturated heterocycles. The Hall–Kier alpha value is -3.42. The third-order valence-electron chi connectivity index (χ3n) is 4.77. The molecule has 4 rings (SSSR count). The van der Waals surface area contributed by atoms with Gasteiger partial charge >= 0.3 is 0 Å². The molecule has 0 bridgehead atoms. The zero-order chi connectivity index (χ0) is 22.5. The van der Waals surface area contributed by atoms with Crippen molar-refractivity contribution in [3.63, 3.8) is 0 Å². The van der Waals surface area contributed by atoms with Crippen molar-refractivity contribution in [3.05, 3.63) is 71.7 Å². The van der Waals surface area contributed by atoms with E-state index in [1.807, 2.05) is 42.6 Å². The maximum absolute atomic E-state index is 11.5. The standard InChI is InChI=1S/C25H24N2O4S/c1-16(15-29-3)30-21-12-19(23-8-9-24(27-23)25-26-10-11-32-25)13-22(14-21)31-20-6-4-18(5-7-20)17(2)28/h4-14,16,27H,15H2,1-3H3/t16-/m0/s1. The maximum atomic E-state index is 11.5. The molecule has 0 saturated carbocycles. The van der Waals surface area contributed by atoms with Crippen molar-refractivity contribution in [1.29, 1.82) is 0 Å². The van der Waals surface area contributed by atoms with Crippen LogP contribution in [0.25, 0.3) is 22.0 Å². The Kier molecular flexibility index (Phi) is 6.68. The van der Waals surface area contributed by atoms with Crippen LogP contribution in [0.1, 0.15) is 24.2 Å². The highest BCUT2D eigenvalue weighted by Gasteiger charge is 2.12. The van der Waals surface area contributed by atoms with Crippen molar-refractivity contribution in [2.45, 2.75) is 20.0 Å². The smallest absolute Gasteiger partial charge is 0.159 e. The normalized spacial score (nSPS) is 11.8. The molecule has 164 valence electrons. The summed E-state index contributed by atoms with van der Waals surface area (Å²) in [5, 5.41) is 2.88. The van der Waals surface area contributed by atoms with E-state index in [0.717, 1.165) is 22.0 Å². The average Bonchev–Trinajstić information content (AvgIpc) is 3.46. The number of nitrogens with zero attached hydrogens (tertiary/aromatic N) is 1. The number of H-pyrrole nitrogens is 1. The summed E-state index contributed by atoms with van der Waals surface area (Å²) in [6.45, 7) is 3.97. The summed E-state index contributed by atoms with van der Waals surface area (Å²) in [5.41, 5.74) is 3.45. The van der Waals surface area contributed by atoms with Gasteiger partial charge in [0.25, 0.3) is 0 Å². The fourth-order valence-electron chi connectivity index (χ4n) is 3.29. The number of rotatable bonds is 9. The molecule has 0 aliphatic rings. The predicted octanol–water partition coefficient (Wildman–Crippen LogP) is 6.21. The van der Waals surface area contributed by atoms with Crippen LogP contribution in [0.15, 0.2) is 66.2 Å². The van der Waals surface area contributed by atoms with Gasteiger partial charge < -0.3 is 19.2 Å². The molecule has 2 aromatic heterocycles. The van der Waals surface area contributed by atoms with Gasteiger partial charge in [0.15, 0.2) is 5.78 Å². The molecule has 1 atom stereocenters. The number of ketones is 1. The average molecular weight is 449 g/mol. The number of thiazole rings is 1. The van der Waals surface area contributed by atoms with Gasteiger partial charge in [-0.3, -0.25) is 4.79 Å². The Morgan fingerprint density at radius 3 is 2.47 bits per heavy atom. The summed E-state index contributed by atoms with van der Waals surface area (Å²) < 4.78 is 17.3. The lowest BCUT2D eigenvalue weighted by Gasteiger charge is -2.16. The molecule has 0 fully saturated rings. The van der Waals surface area contributed by atoms with Crippen molar-refractivity contribution < 1.29 is 19.0 Å². The van der Waals surface area contributed by atoms with Crippen LogP contribution in [0.3, 0.4) is 0 Å². The molecule has 0 spiro atoms. The Morgan fingerprint density at radius 2 is 1.78 bits per heavy atom. The quantitative estimate of drug-likeness (QED) is 0.308. The number of hydrogen-bond acceptors (Lipinski definition) is 6. The molecule has 0 unspecified atom stereocenters. The fourth-order valence-corrected chi connectivity index (χ4v) is 3.91. The van der Waals surface area contributed by atoms with E-state index in [1.165, 1.54) is 0 Å². The minimum Gasteiger partial charge on any atom is -0.488 e. The van der Waals surface area contributed by atoms with Crippen LogP contribution in [0.2, 0.25) is 0 Å². The number of aromatic amines is 1. The second-order valence-electron chi connectivity index (χ2n) is 7.38. The Morgan fingerprint density at radius 1 is 1.03 bits per heavy atom. The van der Waals surface area contributed by atoms with E-state index in [-0.39, 0.29) is 11.9 Å². The highest BCUT2D eigenvalue weighted by Crippen LogP contribution is 2.34. The van der Waals surface area contributed by atoms with Crippen molar-refractivity contribution in [1.82, 2.24) is 9.97 Å². The lowest BCUT2D eigenvalue weighted by molar-refractivity contribution is 0.0920. The first-order chi connectivity index (χ1) is 15.5. The highest BCUT2D eigenvalue weighted by atomic mass is 32.1. The highest BCUT2D eigenvalue weighted by molar-refractivity contribution is 7.13. The summed E-state index contributed by atoms with van der Waals surface area (Å²) in [7, 11) is 1.65. The zero-order valence-corrected chi connectivity index (χ0v) is 18.9. The zero-order valence-electron chi connectivity index (χ0n) is 18.1. The summed E-state index contributed by atoms with van der Waals surface area (Å²) in [6.07, 6.45) is 1.67. The molecule has 1 N–H and O–H groups in total. The number of carbonyl (C=O) groups is 1. The van der Waals surface area contributed by atoms with Crippen LogP contribution >= 0.6 is 11.3 Å². The van der Waals surface area contributed by atoms with E-state index >= 15 is 0 Å². The van der Waals surface area contributed by atoms with Crippen LogP contribution in [-0.4, -0.2) is 35.6 Å². The first kappa shape index (κ1) is 21.8. The molecule has 32 heavy (non-hydrogen) atoms. The number of Topliss-reactive ketones (excluding diaryl/α,β-unsaturated/α-hetero) is 1. The van der Waals surface area contributed by atoms with Gasteiger partial charge in [-0.1, -0.05) is 0 Å². The summed E-state index contributed by atoms with van der Waals surface area (Å²) in [5.74, 6) is 1.96. The lowest BCUT2D eigenvalue weighted by atomic mass is 10.1. The number of benzene rings is 2. The monoisotopic (exact) mass is 448 g/mol. The molecule has 4 aromatic rings. The summed E-state index contributed by atoms with van der Waals surface area (Å²) in [6, 6.07) is 16.9. The summed E-state index contributed by atoms with van der Waals surface area (Å²) in [4.78, 5) is 19.3. The fraction of sp³-hybridized carbons (Fsp3) is 0.200. The molecular formula is C25H24N2O4S. The molecule has 6 nitrogen and oxygen atoms in total. The van der Waals surface area contributed by atoms with Crippen LogP contribution in [0, 0.1) is 0 Å². The molecule has 0 radical (unpaired) electrons. The van der Waals surface area contributed by atoms with E-state index in [0.29, 0.717) is 29.4 Å². The number of nitrogens with one attached hydrogen (secondary N) is 1. The molecule has 2 aromatic carbocycles. The second kappa shape index (κ2) is 9.80. The predicted molar refractivity (Wildman–Crippen MR) is 126 cm³/mol. The molecule has 0 amide bonds. The maximum Gasteiger partial charge on any atom is 0.159 e. The van der Waals surface area contributed by atoms with E-state index in [4.69, 9.17) is 14.2 Å². The van der Waals surface area contributed by atoms with Gasteiger partial charge in [0.1, 0.15) is 28.4 Å². The third-order valence-corrected chi connectivity index (χ3v) is 5.58. The largest absolute Gasteiger partial charge is 0.488 e. The van der Waals surface area contributed by atoms with E-state index in [1.54, 1.807) is 55.8 Å². The third kappa shape index (κ3) is 5.25. The first-order valence-corrected chi connectivity index (χ1v) is 11.1. The van der Waals surface area contributed by atoms with Crippen molar-refractivity contribution in [3.8, 4) is 39.2 Å². The molecule has 0 aliphatic carbocycles. The van der Waals surface area contributed by atoms with Gasteiger partial charge in [-0.15, -0.1) is 11.3 Å². The van der Waals surface area contributed by atoms with Gasteiger partial charge in [-0.05, 0) is 62.4 Å². The van der Waals surface area contributed by atoms with Crippen LogP contribution in [-0.2, 0) is 4.74 Å². The molecular weight excluding hydrogens is 424 g/mol. The Bertz CT molecular complexity index is 1180. The van der Waals surface area contributed by atoms with Gasteiger partial charge in [-0.2, -0.15) is 0 Å². The van der Waals surface area contributed by atoms with E-state index in [2.05, 4.69) is 9.97 Å². The second-order valence-corrected chi connectivity index (χ2v) is 8.28. The number of hydrogen-bond donors (Lipinski definition) is 1. The molecule has 2 heterocycles. The molecule has 7 heteroatoms. The minimum atomic E-state index is -0.118. The van der Waals surface area contributed by atoms with E-state index in [9.17, 15) is 4.79 Å². The number of carbonyl (C=O) groups excluding carboxylic acids is 1. The van der Waals surface area contributed by atoms with Crippen LogP contribution in [0.5, 0.6) is 17.2 Å². The van der Waals surface area contributed by atoms with Gasteiger partial charge in [-0.25, -0.2) is 4.98 Å². The molecule has 0 aliphatic heterocycles.